The van der Waals surface area contributed by atoms with Gasteiger partial charge in [-0.1, -0.05) is 12.1 Å². The van der Waals surface area contributed by atoms with E-state index in [1.807, 2.05) is 0 Å². The number of para-hydroxylation sites is 1. The molecular formula is C9H9N2O4S-. The summed E-state index contributed by atoms with van der Waals surface area (Å²) in [5.41, 5.74) is -0.0643. The third-order valence-electron chi connectivity index (χ3n) is 1.76. The highest BCUT2D eigenvalue weighted by molar-refractivity contribution is 7.97. The quantitative estimate of drug-likeness (QED) is 0.453. The SMILES string of the molecule is CC(NSc1ccccc1[N+](=O)[O-])C(=O)[O-]. The molecule has 7 heteroatoms. The molecule has 1 N–H and O–H groups in total. The molecule has 0 aliphatic carbocycles. The van der Waals surface area contributed by atoms with Gasteiger partial charge in [-0.25, -0.2) is 0 Å². The Hall–Kier alpha value is -1.60. The number of carboxylic acids is 1. The lowest BCUT2D eigenvalue weighted by atomic mass is 10.3. The summed E-state index contributed by atoms with van der Waals surface area (Å²) in [5.74, 6) is -1.26. The maximum absolute atomic E-state index is 10.6. The third kappa shape index (κ3) is 3.21. The zero-order valence-corrected chi connectivity index (χ0v) is 9.19. The van der Waals surface area contributed by atoms with Gasteiger partial charge in [0, 0.05) is 6.07 Å². The molecule has 0 aliphatic heterocycles. The summed E-state index contributed by atoms with van der Waals surface area (Å²) in [6, 6.07) is 5.20. The Labute approximate surface area is 95.9 Å². The molecule has 0 saturated heterocycles. The van der Waals surface area contributed by atoms with Crippen molar-refractivity contribution in [3.63, 3.8) is 0 Å². The normalized spacial score (nSPS) is 12.1. The van der Waals surface area contributed by atoms with E-state index < -0.39 is 16.9 Å². The Kier molecular flexibility index (Phi) is 4.27. The van der Waals surface area contributed by atoms with Crippen LogP contribution in [0.25, 0.3) is 0 Å². The van der Waals surface area contributed by atoms with Gasteiger partial charge in [0.05, 0.1) is 16.9 Å². The number of nitrogens with one attached hydrogen (secondary N) is 1. The van der Waals surface area contributed by atoms with Crippen LogP contribution in [0.4, 0.5) is 5.69 Å². The first kappa shape index (κ1) is 12.5. The van der Waals surface area contributed by atoms with Crippen molar-refractivity contribution < 1.29 is 14.8 Å². The highest BCUT2D eigenvalue weighted by Crippen LogP contribution is 2.26. The zero-order valence-electron chi connectivity index (χ0n) is 8.38. The van der Waals surface area contributed by atoms with Crippen molar-refractivity contribution in [2.45, 2.75) is 17.9 Å². The average Bonchev–Trinajstić information content (AvgIpc) is 2.25. The molecule has 0 fully saturated rings. The summed E-state index contributed by atoms with van der Waals surface area (Å²) in [7, 11) is 0. The molecule has 1 aromatic rings. The molecule has 0 saturated carbocycles. The van der Waals surface area contributed by atoms with Gasteiger partial charge in [-0.05, 0) is 24.9 Å². The Morgan fingerprint density at radius 3 is 2.69 bits per heavy atom. The van der Waals surface area contributed by atoms with Crippen molar-refractivity contribution in [1.29, 1.82) is 0 Å². The van der Waals surface area contributed by atoms with Gasteiger partial charge in [-0.2, -0.15) is 0 Å². The maximum atomic E-state index is 10.6. The first-order valence-electron chi connectivity index (χ1n) is 4.39. The van der Waals surface area contributed by atoms with Crippen LogP contribution in [0, 0.1) is 10.1 Å². The summed E-state index contributed by atoms with van der Waals surface area (Å²) in [4.78, 5) is 20.9. The van der Waals surface area contributed by atoms with E-state index in [0.717, 1.165) is 11.9 Å². The van der Waals surface area contributed by atoms with E-state index in [2.05, 4.69) is 4.72 Å². The van der Waals surface area contributed by atoms with Crippen LogP contribution in [0.15, 0.2) is 29.2 Å². The second kappa shape index (κ2) is 5.47. The number of nitro benzene ring substituents is 1. The van der Waals surface area contributed by atoms with Gasteiger partial charge in [0.2, 0.25) is 0 Å². The molecule has 0 aromatic heterocycles. The molecular weight excluding hydrogens is 232 g/mol. The lowest BCUT2D eigenvalue weighted by Gasteiger charge is -2.13. The van der Waals surface area contributed by atoms with E-state index in [1.54, 1.807) is 12.1 Å². The van der Waals surface area contributed by atoms with E-state index in [1.165, 1.54) is 19.1 Å². The van der Waals surface area contributed by atoms with Crippen molar-refractivity contribution in [3.8, 4) is 0 Å². The number of carbonyl (C=O) groups is 1. The Morgan fingerprint density at radius 1 is 1.50 bits per heavy atom. The van der Waals surface area contributed by atoms with Gasteiger partial charge in [0.1, 0.15) is 4.90 Å². The second-order valence-corrected chi connectivity index (χ2v) is 3.87. The van der Waals surface area contributed by atoms with Crippen molar-refractivity contribution in [2.24, 2.45) is 0 Å². The summed E-state index contributed by atoms with van der Waals surface area (Å²) in [6.07, 6.45) is 0. The van der Waals surface area contributed by atoms with Gasteiger partial charge in [0.15, 0.2) is 0 Å². The summed E-state index contributed by atoms with van der Waals surface area (Å²) in [5, 5.41) is 21.1. The molecule has 86 valence electrons. The molecule has 1 rings (SSSR count). The minimum atomic E-state index is -1.26. The molecule has 16 heavy (non-hydrogen) atoms. The predicted octanol–water partition coefficient (Wildman–Crippen LogP) is 0.330. The van der Waals surface area contributed by atoms with Crippen LogP contribution in [0.1, 0.15) is 6.92 Å². The molecule has 0 heterocycles. The van der Waals surface area contributed by atoms with Crippen molar-refractivity contribution in [2.75, 3.05) is 0 Å². The number of carbonyl (C=O) groups excluding carboxylic acids is 1. The van der Waals surface area contributed by atoms with Crippen LogP contribution in [-0.2, 0) is 4.79 Å². The van der Waals surface area contributed by atoms with E-state index in [0.29, 0.717) is 4.90 Å². The number of carboxylic acid groups (broad SMARTS) is 1. The van der Waals surface area contributed by atoms with Crippen LogP contribution in [0.3, 0.4) is 0 Å². The minimum Gasteiger partial charge on any atom is -0.548 e. The fraction of sp³-hybridized carbons (Fsp3) is 0.222. The van der Waals surface area contributed by atoms with Crippen molar-refractivity contribution >= 4 is 23.6 Å². The fourth-order valence-electron chi connectivity index (χ4n) is 0.894. The van der Waals surface area contributed by atoms with Crippen LogP contribution in [0.2, 0.25) is 0 Å². The predicted molar refractivity (Wildman–Crippen MR) is 56.6 cm³/mol. The number of aliphatic carboxylic acids is 1. The Morgan fingerprint density at radius 2 is 2.12 bits per heavy atom. The van der Waals surface area contributed by atoms with E-state index >= 15 is 0 Å². The molecule has 0 amide bonds. The number of benzene rings is 1. The highest BCUT2D eigenvalue weighted by atomic mass is 32.2. The minimum absolute atomic E-state index is 0.0643. The van der Waals surface area contributed by atoms with Crippen LogP contribution < -0.4 is 9.83 Å². The van der Waals surface area contributed by atoms with Crippen LogP contribution in [-0.4, -0.2) is 16.9 Å². The molecule has 1 atom stereocenters. The number of hydrogen-bond donors (Lipinski definition) is 1. The first-order chi connectivity index (χ1) is 7.52. The van der Waals surface area contributed by atoms with E-state index in [9.17, 15) is 20.0 Å². The van der Waals surface area contributed by atoms with Gasteiger partial charge in [0.25, 0.3) is 5.69 Å². The standard InChI is InChI=1S/C9H10N2O4S/c1-6(9(12)13)10-16-8-5-3-2-4-7(8)11(14)15/h2-6,10H,1H3,(H,12,13)/p-1. The van der Waals surface area contributed by atoms with Crippen molar-refractivity contribution in [1.82, 2.24) is 4.72 Å². The lowest BCUT2D eigenvalue weighted by Crippen LogP contribution is -2.40. The fourth-order valence-corrected chi connectivity index (χ4v) is 1.69. The Balaban J connectivity index is 2.74. The number of nitrogens with zero attached hydrogens (tertiary/aromatic N) is 1. The van der Waals surface area contributed by atoms with Gasteiger partial charge < -0.3 is 9.90 Å². The van der Waals surface area contributed by atoms with Crippen LogP contribution in [0.5, 0.6) is 0 Å². The van der Waals surface area contributed by atoms with Crippen molar-refractivity contribution in [3.05, 3.63) is 34.4 Å². The first-order valence-corrected chi connectivity index (χ1v) is 5.20. The number of nitro groups is 1. The molecule has 0 bridgehead atoms. The molecule has 6 nitrogen and oxygen atoms in total. The molecule has 1 aromatic carbocycles. The van der Waals surface area contributed by atoms with E-state index in [-0.39, 0.29) is 5.69 Å². The lowest BCUT2D eigenvalue weighted by molar-refractivity contribution is -0.387. The average molecular weight is 241 g/mol. The van der Waals surface area contributed by atoms with E-state index in [4.69, 9.17) is 0 Å². The maximum Gasteiger partial charge on any atom is 0.284 e. The molecule has 0 radical (unpaired) electrons. The zero-order chi connectivity index (χ0) is 12.1. The topological polar surface area (TPSA) is 95.3 Å². The largest absolute Gasteiger partial charge is 0.548 e. The highest BCUT2D eigenvalue weighted by Gasteiger charge is 2.13. The Bertz CT molecular complexity index is 410. The van der Waals surface area contributed by atoms with Gasteiger partial charge >= 0.3 is 0 Å². The third-order valence-corrected chi connectivity index (χ3v) is 2.80. The smallest absolute Gasteiger partial charge is 0.284 e. The second-order valence-electron chi connectivity index (χ2n) is 2.99. The summed E-state index contributed by atoms with van der Waals surface area (Å²) >= 11 is 0.899. The van der Waals surface area contributed by atoms with Gasteiger partial charge in [-0.15, -0.1) is 0 Å². The summed E-state index contributed by atoms with van der Waals surface area (Å²) in [6.45, 7) is 1.40. The molecule has 0 spiro atoms. The molecule has 1 unspecified atom stereocenters. The monoisotopic (exact) mass is 241 g/mol. The van der Waals surface area contributed by atoms with Gasteiger partial charge in [-0.3, -0.25) is 14.8 Å². The van der Waals surface area contributed by atoms with Crippen LogP contribution >= 0.6 is 11.9 Å². The number of hydrogen-bond acceptors (Lipinski definition) is 6. The summed E-state index contributed by atoms with van der Waals surface area (Å²) < 4.78 is 2.54. The number of rotatable bonds is 5. The molecule has 0 aliphatic rings.